The summed E-state index contributed by atoms with van der Waals surface area (Å²) in [5, 5.41) is 8.56. The van der Waals surface area contributed by atoms with Crippen LogP contribution < -0.4 is 0 Å². The summed E-state index contributed by atoms with van der Waals surface area (Å²) in [6.45, 7) is 5.23. The molecule has 0 aliphatic carbocycles. The molecule has 2 atom stereocenters. The minimum Gasteiger partial charge on any atom is -0.480 e. The Bertz CT molecular complexity index is 528. The van der Waals surface area contributed by atoms with Crippen molar-refractivity contribution >= 4 is 11.9 Å². The van der Waals surface area contributed by atoms with Crippen LogP contribution in [0.25, 0.3) is 0 Å². The van der Waals surface area contributed by atoms with Gasteiger partial charge in [0.2, 0.25) is 0 Å². The monoisotopic (exact) mass is 310 g/mol. The predicted molar refractivity (Wildman–Crippen MR) is 77.3 cm³/mol. The number of aliphatic carboxylic acids is 1. The number of aromatic nitrogens is 1. The minimum absolute atomic E-state index is 0.0762. The predicted octanol–water partition coefficient (Wildman–Crippen LogP) is 1.78. The van der Waals surface area contributed by atoms with Gasteiger partial charge < -0.3 is 19.2 Å². The number of oxazole rings is 1. The first-order chi connectivity index (χ1) is 10.5. The SMILES string of the molecule is C[C@@H]1CCN(C(=O)c2ncoc2COCC(=O)O)C[C@H](C)C1. The number of carboxylic acid groups (broad SMARTS) is 1. The van der Waals surface area contributed by atoms with Gasteiger partial charge >= 0.3 is 5.97 Å². The zero-order valence-corrected chi connectivity index (χ0v) is 12.9. The number of nitrogens with zero attached hydrogens (tertiary/aromatic N) is 2. The highest BCUT2D eigenvalue weighted by Gasteiger charge is 2.27. The Morgan fingerprint density at radius 1 is 1.45 bits per heavy atom. The number of rotatable bonds is 5. The van der Waals surface area contributed by atoms with Gasteiger partial charge in [0.05, 0.1) is 0 Å². The maximum absolute atomic E-state index is 12.6. The fraction of sp³-hybridized carbons (Fsp3) is 0.667. The molecule has 1 amide bonds. The Morgan fingerprint density at radius 2 is 2.23 bits per heavy atom. The maximum atomic E-state index is 12.6. The van der Waals surface area contributed by atoms with Crippen LogP contribution in [-0.2, 0) is 16.1 Å². The van der Waals surface area contributed by atoms with E-state index in [2.05, 4.69) is 18.8 Å². The quantitative estimate of drug-likeness (QED) is 0.891. The lowest BCUT2D eigenvalue weighted by molar-refractivity contribution is -0.142. The number of hydrogen-bond acceptors (Lipinski definition) is 5. The highest BCUT2D eigenvalue weighted by Crippen LogP contribution is 2.23. The molecule has 0 saturated carbocycles. The van der Waals surface area contributed by atoms with Gasteiger partial charge in [-0.2, -0.15) is 0 Å². The first kappa shape index (κ1) is 16.5. The third-order valence-electron chi connectivity index (χ3n) is 3.82. The molecule has 1 aromatic heterocycles. The molecule has 1 aliphatic rings. The van der Waals surface area contributed by atoms with E-state index in [0.717, 1.165) is 12.8 Å². The van der Waals surface area contributed by atoms with Gasteiger partial charge in [0.25, 0.3) is 5.91 Å². The number of carboxylic acids is 1. The minimum atomic E-state index is -1.07. The molecule has 7 nitrogen and oxygen atoms in total. The molecule has 0 bridgehead atoms. The lowest BCUT2D eigenvalue weighted by atomic mass is 9.97. The average Bonchev–Trinajstić information content (AvgIpc) is 2.83. The second kappa shape index (κ2) is 7.40. The third kappa shape index (κ3) is 4.30. The molecule has 122 valence electrons. The summed E-state index contributed by atoms with van der Waals surface area (Å²) < 4.78 is 10.1. The molecule has 22 heavy (non-hydrogen) atoms. The summed E-state index contributed by atoms with van der Waals surface area (Å²) >= 11 is 0. The number of amides is 1. The van der Waals surface area contributed by atoms with Crippen molar-refractivity contribution in [2.75, 3.05) is 19.7 Å². The van der Waals surface area contributed by atoms with Gasteiger partial charge in [0, 0.05) is 13.1 Å². The fourth-order valence-electron chi connectivity index (χ4n) is 2.84. The Balaban J connectivity index is 2.03. The highest BCUT2D eigenvalue weighted by atomic mass is 16.5. The van der Waals surface area contributed by atoms with E-state index in [1.54, 1.807) is 4.90 Å². The van der Waals surface area contributed by atoms with Gasteiger partial charge in [-0.3, -0.25) is 4.79 Å². The van der Waals surface area contributed by atoms with Crippen LogP contribution in [0.2, 0.25) is 0 Å². The fourth-order valence-corrected chi connectivity index (χ4v) is 2.84. The summed E-state index contributed by atoms with van der Waals surface area (Å²) in [4.78, 5) is 28.8. The van der Waals surface area contributed by atoms with Gasteiger partial charge in [-0.1, -0.05) is 13.8 Å². The first-order valence-electron chi connectivity index (χ1n) is 7.48. The van der Waals surface area contributed by atoms with Crippen LogP contribution in [0.3, 0.4) is 0 Å². The molecule has 1 aliphatic heterocycles. The Labute approximate surface area is 129 Å². The van der Waals surface area contributed by atoms with Crippen molar-refractivity contribution in [2.24, 2.45) is 11.8 Å². The molecule has 1 saturated heterocycles. The average molecular weight is 310 g/mol. The summed E-state index contributed by atoms with van der Waals surface area (Å²) in [5.41, 5.74) is 0.215. The Hall–Kier alpha value is -1.89. The molecule has 1 N–H and O–H groups in total. The Kier molecular flexibility index (Phi) is 5.54. The summed E-state index contributed by atoms with van der Waals surface area (Å²) in [6, 6.07) is 0. The van der Waals surface area contributed by atoms with Crippen molar-refractivity contribution in [3.63, 3.8) is 0 Å². The van der Waals surface area contributed by atoms with E-state index in [-0.39, 0.29) is 24.0 Å². The molecule has 7 heteroatoms. The molecule has 1 aromatic rings. The van der Waals surface area contributed by atoms with E-state index in [9.17, 15) is 9.59 Å². The third-order valence-corrected chi connectivity index (χ3v) is 3.82. The Morgan fingerprint density at radius 3 is 2.95 bits per heavy atom. The summed E-state index contributed by atoms with van der Waals surface area (Å²) in [6.07, 6.45) is 3.27. The van der Waals surface area contributed by atoms with Crippen molar-refractivity contribution in [3.05, 3.63) is 17.8 Å². The van der Waals surface area contributed by atoms with E-state index >= 15 is 0 Å². The lowest BCUT2D eigenvalue weighted by Crippen LogP contribution is -2.34. The van der Waals surface area contributed by atoms with Crippen molar-refractivity contribution in [1.29, 1.82) is 0 Å². The highest BCUT2D eigenvalue weighted by molar-refractivity contribution is 5.93. The van der Waals surface area contributed by atoms with Crippen LogP contribution in [0.5, 0.6) is 0 Å². The summed E-state index contributed by atoms with van der Waals surface area (Å²) in [7, 11) is 0. The van der Waals surface area contributed by atoms with Crippen LogP contribution in [0.4, 0.5) is 0 Å². The number of hydrogen-bond donors (Lipinski definition) is 1. The molecule has 1 fully saturated rings. The first-order valence-corrected chi connectivity index (χ1v) is 7.48. The van der Waals surface area contributed by atoms with E-state index in [1.807, 2.05) is 0 Å². The zero-order chi connectivity index (χ0) is 16.1. The molecular formula is C15H22N2O5. The maximum Gasteiger partial charge on any atom is 0.329 e. The normalized spacial score (nSPS) is 22.4. The van der Waals surface area contributed by atoms with Gasteiger partial charge in [-0.15, -0.1) is 0 Å². The molecule has 0 radical (unpaired) electrons. The lowest BCUT2D eigenvalue weighted by Gasteiger charge is -2.22. The number of carbonyl (C=O) groups is 2. The second-order valence-electron chi connectivity index (χ2n) is 6.00. The van der Waals surface area contributed by atoms with Crippen LogP contribution in [0, 0.1) is 11.8 Å². The molecular weight excluding hydrogens is 288 g/mol. The standard InChI is InChI=1S/C15H22N2O5/c1-10-3-4-17(6-11(2)5-10)15(20)14-12(22-9-16-14)7-21-8-13(18)19/h9-11H,3-8H2,1-2H3,(H,18,19)/t10-,11-/m1/s1. The van der Waals surface area contributed by atoms with E-state index in [1.165, 1.54) is 6.39 Å². The number of likely N-dealkylation sites (tertiary alicyclic amines) is 1. The van der Waals surface area contributed by atoms with E-state index in [0.29, 0.717) is 24.9 Å². The molecule has 0 unspecified atom stereocenters. The van der Waals surface area contributed by atoms with Gasteiger partial charge in [-0.25, -0.2) is 9.78 Å². The second-order valence-corrected chi connectivity index (χ2v) is 6.00. The van der Waals surface area contributed by atoms with Gasteiger partial charge in [0.15, 0.2) is 17.8 Å². The van der Waals surface area contributed by atoms with Crippen molar-refractivity contribution < 1.29 is 23.8 Å². The van der Waals surface area contributed by atoms with Crippen molar-refractivity contribution in [1.82, 2.24) is 9.88 Å². The molecule has 2 rings (SSSR count). The van der Waals surface area contributed by atoms with Crippen LogP contribution in [0.1, 0.15) is 42.9 Å². The van der Waals surface area contributed by atoms with Gasteiger partial charge in [-0.05, 0) is 24.7 Å². The summed E-state index contributed by atoms with van der Waals surface area (Å²) in [5.74, 6) is 0.0751. The molecule has 2 heterocycles. The van der Waals surface area contributed by atoms with Gasteiger partial charge in [0.1, 0.15) is 13.2 Å². The van der Waals surface area contributed by atoms with E-state index in [4.69, 9.17) is 14.3 Å². The van der Waals surface area contributed by atoms with Crippen molar-refractivity contribution in [2.45, 2.75) is 33.3 Å². The van der Waals surface area contributed by atoms with Crippen LogP contribution in [0.15, 0.2) is 10.8 Å². The van der Waals surface area contributed by atoms with E-state index < -0.39 is 12.6 Å². The topological polar surface area (TPSA) is 92.9 Å². The number of carbonyl (C=O) groups excluding carboxylic acids is 1. The smallest absolute Gasteiger partial charge is 0.329 e. The van der Waals surface area contributed by atoms with Crippen molar-refractivity contribution in [3.8, 4) is 0 Å². The largest absolute Gasteiger partial charge is 0.480 e. The molecule has 0 aromatic carbocycles. The van der Waals surface area contributed by atoms with Crippen LogP contribution >= 0.6 is 0 Å². The number of ether oxygens (including phenoxy) is 1. The molecule has 0 spiro atoms. The zero-order valence-electron chi connectivity index (χ0n) is 12.9. The van der Waals surface area contributed by atoms with Crippen LogP contribution in [-0.4, -0.2) is 46.6 Å².